The Kier molecular flexibility index (Phi) is 7.04. The van der Waals surface area contributed by atoms with Gasteiger partial charge in [-0.15, -0.1) is 11.3 Å². The van der Waals surface area contributed by atoms with Gasteiger partial charge in [0.15, 0.2) is 0 Å². The number of benzene rings is 8. The maximum Gasteiger partial charge on any atom is 0.0547 e. The molecular weight excluding hydrogens is 637 g/mol. The molecule has 0 radical (unpaired) electrons. The van der Waals surface area contributed by atoms with Crippen LogP contribution in [-0.2, 0) is 0 Å². The van der Waals surface area contributed by atoms with E-state index in [4.69, 9.17) is 0 Å². The van der Waals surface area contributed by atoms with E-state index in [9.17, 15) is 0 Å². The van der Waals surface area contributed by atoms with Gasteiger partial charge in [0.2, 0.25) is 0 Å². The van der Waals surface area contributed by atoms with E-state index in [1.165, 1.54) is 64.2 Å². The maximum absolute atomic E-state index is 2.41. The highest BCUT2D eigenvalue weighted by Gasteiger charge is 2.17. The predicted octanol–water partition coefficient (Wildman–Crippen LogP) is 14.0. The minimum Gasteiger partial charge on any atom is -0.310 e. The van der Waals surface area contributed by atoms with Gasteiger partial charge in [-0.25, -0.2) is 0 Å². The standard InChI is InChI=1S/C48H32N2S/c1-3-12-33(13-4-1)34-22-25-38(26-23-34)50-45-20-9-7-18-41(45)42-28-24-36(31-46(42)50)35-14-11-17-39(30-35)49(37-15-5-2-6-16-37)40-27-29-44-43-19-8-10-21-47(43)51-48(44)32-40/h1-32H. The SMILES string of the molecule is c1ccc(-c2ccc(-n3c4ccccc4c4ccc(-c5cccc(N(c6ccccc6)c6ccc7c(c6)sc6ccccc67)c5)cc43)cc2)cc1. The number of aromatic nitrogens is 1. The third kappa shape index (κ3) is 5.10. The lowest BCUT2D eigenvalue weighted by atomic mass is 10.0. The van der Waals surface area contributed by atoms with Crippen molar-refractivity contribution in [1.82, 2.24) is 4.57 Å². The van der Waals surface area contributed by atoms with Gasteiger partial charge in [-0.3, -0.25) is 0 Å². The van der Waals surface area contributed by atoms with Crippen molar-refractivity contribution in [2.24, 2.45) is 0 Å². The van der Waals surface area contributed by atoms with Crippen molar-refractivity contribution >= 4 is 70.4 Å². The van der Waals surface area contributed by atoms with E-state index in [1.54, 1.807) is 0 Å². The maximum atomic E-state index is 2.41. The number of anilines is 3. The Morgan fingerprint density at radius 2 is 0.902 bits per heavy atom. The van der Waals surface area contributed by atoms with Crippen molar-refractivity contribution < 1.29 is 0 Å². The van der Waals surface area contributed by atoms with Crippen LogP contribution in [0.2, 0.25) is 0 Å². The lowest BCUT2D eigenvalue weighted by Gasteiger charge is -2.26. The Labute approximate surface area is 300 Å². The zero-order valence-electron chi connectivity index (χ0n) is 27.8. The highest BCUT2D eigenvalue weighted by molar-refractivity contribution is 7.25. The van der Waals surface area contributed by atoms with Crippen LogP contribution in [0.1, 0.15) is 0 Å². The molecule has 0 saturated carbocycles. The van der Waals surface area contributed by atoms with Crippen molar-refractivity contribution in [3.8, 4) is 27.9 Å². The van der Waals surface area contributed by atoms with Crippen LogP contribution in [0.3, 0.4) is 0 Å². The van der Waals surface area contributed by atoms with Crippen LogP contribution in [0.25, 0.3) is 69.9 Å². The Hall–Kier alpha value is -6.42. The first-order valence-electron chi connectivity index (χ1n) is 17.3. The molecule has 0 aliphatic rings. The van der Waals surface area contributed by atoms with Crippen LogP contribution >= 0.6 is 11.3 Å². The monoisotopic (exact) mass is 668 g/mol. The molecule has 0 N–H and O–H groups in total. The number of thiophene rings is 1. The van der Waals surface area contributed by atoms with Gasteiger partial charge in [0.1, 0.15) is 0 Å². The Bertz CT molecular complexity index is 2850. The van der Waals surface area contributed by atoms with Crippen LogP contribution in [-0.4, -0.2) is 4.57 Å². The Balaban J connectivity index is 1.10. The molecule has 3 heteroatoms. The summed E-state index contributed by atoms with van der Waals surface area (Å²) in [6.07, 6.45) is 0. The summed E-state index contributed by atoms with van der Waals surface area (Å²) in [6.45, 7) is 0. The zero-order valence-corrected chi connectivity index (χ0v) is 28.6. The third-order valence-electron chi connectivity index (χ3n) is 9.98. The highest BCUT2D eigenvalue weighted by atomic mass is 32.1. The third-order valence-corrected chi connectivity index (χ3v) is 11.1. The van der Waals surface area contributed by atoms with Crippen molar-refractivity contribution in [2.45, 2.75) is 0 Å². The van der Waals surface area contributed by atoms with Crippen LogP contribution in [0.4, 0.5) is 17.1 Å². The van der Waals surface area contributed by atoms with Gasteiger partial charge in [-0.1, -0.05) is 127 Å². The molecule has 51 heavy (non-hydrogen) atoms. The summed E-state index contributed by atoms with van der Waals surface area (Å²) in [6, 6.07) is 70.4. The molecule has 10 rings (SSSR count). The minimum atomic E-state index is 1.12. The molecule has 10 aromatic rings. The summed E-state index contributed by atoms with van der Waals surface area (Å²) < 4.78 is 5.02. The number of para-hydroxylation sites is 2. The zero-order chi connectivity index (χ0) is 33.7. The first-order valence-corrected chi connectivity index (χ1v) is 18.2. The lowest BCUT2D eigenvalue weighted by molar-refractivity contribution is 1.18. The molecule has 240 valence electrons. The average Bonchev–Trinajstić information content (AvgIpc) is 3.74. The summed E-state index contributed by atoms with van der Waals surface area (Å²) in [5.74, 6) is 0. The molecule has 0 aliphatic heterocycles. The van der Waals surface area contributed by atoms with E-state index in [2.05, 4.69) is 204 Å². The molecule has 2 heterocycles. The lowest BCUT2D eigenvalue weighted by Crippen LogP contribution is -2.09. The molecule has 0 atom stereocenters. The van der Waals surface area contributed by atoms with E-state index in [1.807, 2.05) is 11.3 Å². The fourth-order valence-electron chi connectivity index (χ4n) is 7.56. The van der Waals surface area contributed by atoms with Gasteiger partial charge >= 0.3 is 0 Å². The van der Waals surface area contributed by atoms with E-state index in [-0.39, 0.29) is 0 Å². The minimum absolute atomic E-state index is 1.12. The second kappa shape index (κ2) is 12.2. The fourth-order valence-corrected chi connectivity index (χ4v) is 8.70. The van der Waals surface area contributed by atoms with Gasteiger partial charge in [-0.05, 0) is 89.0 Å². The summed E-state index contributed by atoms with van der Waals surface area (Å²) >= 11 is 1.86. The highest BCUT2D eigenvalue weighted by Crippen LogP contribution is 2.42. The quantitative estimate of drug-likeness (QED) is 0.171. The van der Waals surface area contributed by atoms with Gasteiger partial charge in [0.25, 0.3) is 0 Å². The van der Waals surface area contributed by atoms with Crippen molar-refractivity contribution in [1.29, 1.82) is 0 Å². The summed E-state index contributed by atoms with van der Waals surface area (Å²) in [4.78, 5) is 2.37. The molecule has 0 amide bonds. The van der Waals surface area contributed by atoms with Crippen LogP contribution < -0.4 is 4.90 Å². The first-order chi connectivity index (χ1) is 25.3. The van der Waals surface area contributed by atoms with Gasteiger partial charge in [0, 0.05) is 53.7 Å². The van der Waals surface area contributed by atoms with Crippen LogP contribution in [0.5, 0.6) is 0 Å². The average molecular weight is 669 g/mol. The molecular formula is C48H32N2S. The smallest absolute Gasteiger partial charge is 0.0547 e. The number of hydrogen-bond donors (Lipinski definition) is 0. The molecule has 0 unspecified atom stereocenters. The van der Waals surface area contributed by atoms with Gasteiger partial charge in [0.05, 0.1) is 11.0 Å². The first kappa shape index (κ1) is 29.5. The van der Waals surface area contributed by atoms with Crippen LogP contribution in [0.15, 0.2) is 194 Å². The van der Waals surface area contributed by atoms with Crippen molar-refractivity contribution in [3.05, 3.63) is 194 Å². The number of nitrogens with zero attached hydrogens (tertiary/aromatic N) is 2. The van der Waals surface area contributed by atoms with E-state index >= 15 is 0 Å². The molecule has 0 aliphatic carbocycles. The number of fused-ring (bicyclic) bond motifs is 6. The number of rotatable bonds is 6. The molecule has 8 aromatic carbocycles. The predicted molar refractivity (Wildman–Crippen MR) is 219 cm³/mol. The van der Waals surface area contributed by atoms with Crippen molar-refractivity contribution in [3.63, 3.8) is 0 Å². The van der Waals surface area contributed by atoms with E-state index < -0.39 is 0 Å². The summed E-state index contributed by atoms with van der Waals surface area (Å²) in [7, 11) is 0. The van der Waals surface area contributed by atoms with Gasteiger partial charge < -0.3 is 9.47 Å². The van der Waals surface area contributed by atoms with Gasteiger partial charge in [-0.2, -0.15) is 0 Å². The molecule has 0 saturated heterocycles. The molecule has 2 aromatic heterocycles. The van der Waals surface area contributed by atoms with E-state index in [0.29, 0.717) is 0 Å². The topological polar surface area (TPSA) is 8.17 Å². The van der Waals surface area contributed by atoms with Crippen LogP contribution in [0, 0.1) is 0 Å². The molecule has 0 bridgehead atoms. The molecule has 0 spiro atoms. The normalized spacial score (nSPS) is 11.5. The molecule has 2 nitrogen and oxygen atoms in total. The second-order valence-electron chi connectivity index (χ2n) is 13.0. The summed E-state index contributed by atoms with van der Waals surface area (Å²) in [5.41, 5.74) is 11.7. The largest absolute Gasteiger partial charge is 0.310 e. The Morgan fingerprint density at radius 1 is 0.333 bits per heavy atom. The second-order valence-corrected chi connectivity index (χ2v) is 14.1. The van der Waals surface area contributed by atoms with Crippen molar-refractivity contribution in [2.75, 3.05) is 4.90 Å². The molecule has 0 fully saturated rings. The Morgan fingerprint density at radius 3 is 1.75 bits per heavy atom. The summed E-state index contributed by atoms with van der Waals surface area (Å²) in [5, 5.41) is 5.13. The fraction of sp³-hybridized carbons (Fsp3) is 0. The number of hydrogen-bond acceptors (Lipinski definition) is 2. The van der Waals surface area contributed by atoms with E-state index in [0.717, 1.165) is 22.7 Å².